The molecule has 1 aromatic carbocycles. The fourth-order valence-corrected chi connectivity index (χ4v) is 3.59. The number of nitrogens with zero attached hydrogens (tertiary/aromatic N) is 4. The lowest BCUT2D eigenvalue weighted by Crippen LogP contribution is -2.48. The molecule has 3 rings (SSSR count). The highest BCUT2D eigenvalue weighted by atomic mass is 127. The molecule has 1 aliphatic rings. The van der Waals surface area contributed by atoms with Crippen LogP contribution in [0.4, 0.5) is 0 Å². The molecule has 0 saturated carbocycles. The SMILES string of the molecule is CCNC(=NCCc1nc(C(C)C)no1)NC1CCN(Cc2ccc(Cl)cc2)CC1.I. The normalized spacial score (nSPS) is 15.7. The Morgan fingerprint density at radius 3 is 2.58 bits per heavy atom. The third-order valence-electron chi connectivity index (χ3n) is 5.19. The summed E-state index contributed by atoms with van der Waals surface area (Å²) in [5.74, 6) is 2.53. The minimum atomic E-state index is 0. The second-order valence-electron chi connectivity index (χ2n) is 8.03. The molecule has 1 aliphatic heterocycles. The standard InChI is InChI=1S/C22H33ClN6O.HI/c1-4-24-22(25-12-9-20-27-21(16(2)3)28-30-20)26-19-10-13-29(14-11-19)15-17-5-7-18(23)8-6-17;/h5-8,16,19H,4,9-15H2,1-3H3,(H2,24,25,26);1H. The first kappa shape index (κ1) is 25.9. The van der Waals surface area contributed by atoms with Crippen molar-refractivity contribution in [3.8, 4) is 0 Å². The minimum Gasteiger partial charge on any atom is -0.357 e. The largest absolute Gasteiger partial charge is 0.357 e. The number of likely N-dealkylation sites (tertiary alicyclic amines) is 1. The summed E-state index contributed by atoms with van der Waals surface area (Å²) in [6, 6.07) is 8.57. The van der Waals surface area contributed by atoms with Gasteiger partial charge >= 0.3 is 0 Å². The predicted octanol–water partition coefficient (Wildman–Crippen LogP) is 4.23. The molecule has 0 bridgehead atoms. The molecular formula is C22H34ClIN6O. The molecule has 31 heavy (non-hydrogen) atoms. The van der Waals surface area contributed by atoms with Crippen molar-refractivity contribution in [2.45, 2.75) is 58.5 Å². The molecule has 0 amide bonds. The Morgan fingerprint density at radius 1 is 1.26 bits per heavy atom. The van der Waals surface area contributed by atoms with Gasteiger partial charge in [0.1, 0.15) is 0 Å². The molecule has 1 saturated heterocycles. The van der Waals surface area contributed by atoms with Crippen molar-refractivity contribution >= 4 is 41.5 Å². The van der Waals surface area contributed by atoms with E-state index in [1.165, 1.54) is 5.56 Å². The summed E-state index contributed by atoms with van der Waals surface area (Å²) in [6.07, 6.45) is 2.84. The highest BCUT2D eigenvalue weighted by molar-refractivity contribution is 14.0. The van der Waals surface area contributed by atoms with Crippen LogP contribution in [0.15, 0.2) is 33.8 Å². The Labute approximate surface area is 207 Å². The van der Waals surface area contributed by atoms with Crippen molar-refractivity contribution in [3.05, 3.63) is 46.6 Å². The second-order valence-corrected chi connectivity index (χ2v) is 8.47. The van der Waals surface area contributed by atoms with Crippen LogP contribution in [0.1, 0.15) is 56.8 Å². The Hall–Kier alpha value is -1.39. The Kier molecular flexibility index (Phi) is 11.0. The fourth-order valence-electron chi connectivity index (χ4n) is 3.46. The summed E-state index contributed by atoms with van der Waals surface area (Å²) in [7, 11) is 0. The van der Waals surface area contributed by atoms with Crippen LogP contribution in [0.3, 0.4) is 0 Å². The zero-order valence-electron chi connectivity index (χ0n) is 18.6. The fraction of sp³-hybridized carbons (Fsp3) is 0.591. The van der Waals surface area contributed by atoms with Crippen LogP contribution in [0, 0.1) is 0 Å². The first-order valence-electron chi connectivity index (χ1n) is 10.9. The van der Waals surface area contributed by atoms with Gasteiger partial charge in [-0.05, 0) is 37.5 Å². The molecule has 0 aliphatic carbocycles. The quantitative estimate of drug-likeness (QED) is 0.286. The van der Waals surface area contributed by atoms with Gasteiger partial charge in [0.05, 0.1) is 6.54 Å². The van der Waals surface area contributed by atoms with Crippen LogP contribution in [0.2, 0.25) is 5.02 Å². The lowest BCUT2D eigenvalue weighted by Gasteiger charge is -2.33. The lowest BCUT2D eigenvalue weighted by atomic mass is 10.0. The van der Waals surface area contributed by atoms with Crippen LogP contribution < -0.4 is 10.6 Å². The molecular weight excluding hydrogens is 527 g/mol. The van der Waals surface area contributed by atoms with E-state index in [-0.39, 0.29) is 29.9 Å². The Morgan fingerprint density at radius 2 is 1.97 bits per heavy atom. The van der Waals surface area contributed by atoms with Crippen LogP contribution in [0.25, 0.3) is 0 Å². The van der Waals surface area contributed by atoms with Crippen molar-refractivity contribution in [2.75, 3.05) is 26.2 Å². The smallest absolute Gasteiger partial charge is 0.228 e. The lowest BCUT2D eigenvalue weighted by molar-refractivity contribution is 0.198. The maximum atomic E-state index is 5.98. The van der Waals surface area contributed by atoms with E-state index in [1.807, 2.05) is 12.1 Å². The topological polar surface area (TPSA) is 78.6 Å². The van der Waals surface area contributed by atoms with Gasteiger partial charge in [-0.15, -0.1) is 24.0 Å². The number of hydrogen-bond acceptors (Lipinski definition) is 5. The number of hydrogen-bond donors (Lipinski definition) is 2. The molecule has 172 valence electrons. The van der Waals surface area contributed by atoms with Crippen LogP contribution in [0.5, 0.6) is 0 Å². The van der Waals surface area contributed by atoms with Gasteiger partial charge in [0.2, 0.25) is 5.89 Å². The van der Waals surface area contributed by atoms with Crippen LogP contribution >= 0.6 is 35.6 Å². The van der Waals surface area contributed by atoms with E-state index in [2.05, 4.69) is 58.6 Å². The summed E-state index contributed by atoms with van der Waals surface area (Å²) >= 11 is 5.98. The van der Waals surface area contributed by atoms with Crippen molar-refractivity contribution in [2.24, 2.45) is 4.99 Å². The molecule has 2 heterocycles. The number of aliphatic imine (C=N–C) groups is 1. The Balaban J connectivity index is 0.00000341. The van der Waals surface area contributed by atoms with Crippen LogP contribution in [-0.2, 0) is 13.0 Å². The minimum absolute atomic E-state index is 0. The molecule has 1 fully saturated rings. The summed E-state index contributed by atoms with van der Waals surface area (Å²) in [6.45, 7) is 10.8. The van der Waals surface area contributed by atoms with Gasteiger partial charge in [-0.1, -0.05) is 42.7 Å². The van der Waals surface area contributed by atoms with Gasteiger partial charge in [-0.2, -0.15) is 4.98 Å². The number of aromatic nitrogens is 2. The average Bonchev–Trinajstić information content (AvgIpc) is 3.21. The molecule has 1 aromatic heterocycles. The third-order valence-corrected chi connectivity index (χ3v) is 5.44. The third kappa shape index (κ3) is 8.57. The van der Waals surface area contributed by atoms with E-state index in [1.54, 1.807) is 0 Å². The van der Waals surface area contributed by atoms with E-state index in [9.17, 15) is 0 Å². The van der Waals surface area contributed by atoms with Gasteiger partial charge in [0, 0.05) is 49.6 Å². The van der Waals surface area contributed by atoms with Gasteiger partial charge in [0.25, 0.3) is 0 Å². The Bertz CT molecular complexity index is 803. The van der Waals surface area contributed by atoms with Gasteiger partial charge < -0.3 is 15.2 Å². The highest BCUT2D eigenvalue weighted by Gasteiger charge is 2.20. The van der Waals surface area contributed by atoms with E-state index in [0.29, 0.717) is 24.9 Å². The van der Waals surface area contributed by atoms with Crippen molar-refractivity contribution in [3.63, 3.8) is 0 Å². The molecule has 0 unspecified atom stereocenters. The zero-order valence-corrected chi connectivity index (χ0v) is 21.7. The summed E-state index contributed by atoms with van der Waals surface area (Å²) in [4.78, 5) is 11.6. The van der Waals surface area contributed by atoms with E-state index in [4.69, 9.17) is 21.1 Å². The number of nitrogens with one attached hydrogen (secondary N) is 2. The number of piperidine rings is 1. The number of benzene rings is 1. The predicted molar refractivity (Wildman–Crippen MR) is 136 cm³/mol. The number of guanidine groups is 1. The first-order valence-corrected chi connectivity index (χ1v) is 11.3. The van der Waals surface area contributed by atoms with Crippen LogP contribution in [-0.4, -0.2) is 53.2 Å². The molecule has 7 nitrogen and oxygen atoms in total. The molecule has 2 N–H and O–H groups in total. The van der Waals surface area contributed by atoms with Crippen molar-refractivity contribution in [1.82, 2.24) is 25.7 Å². The molecule has 9 heteroatoms. The molecule has 2 aromatic rings. The van der Waals surface area contributed by atoms with E-state index >= 15 is 0 Å². The second kappa shape index (κ2) is 13.2. The molecule has 0 atom stereocenters. The molecule has 0 radical (unpaired) electrons. The van der Waals surface area contributed by atoms with E-state index in [0.717, 1.165) is 55.8 Å². The molecule has 0 spiro atoms. The number of halogens is 2. The number of rotatable bonds is 8. The maximum Gasteiger partial charge on any atom is 0.228 e. The van der Waals surface area contributed by atoms with Gasteiger partial charge in [0.15, 0.2) is 11.8 Å². The summed E-state index contributed by atoms with van der Waals surface area (Å²) in [5, 5.41) is 11.7. The highest BCUT2D eigenvalue weighted by Crippen LogP contribution is 2.16. The first-order chi connectivity index (χ1) is 14.5. The summed E-state index contributed by atoms with van der Waals surface area (Å²) < 4.78 is 5.30. The van der Waals surface area contributed by atoms with Crippen molar-refractivity contribution < 1.29 is 4.52 Å². The monoisotopic (exact) mass is 560 g/mol. The zero-order chi connectivity index (χ0) is 21.3. The van der Waals surface area contributed by atoms with Gasteiger partial charge in [-0.25, -0.2) is 0 Å². The summed E-state index contributed by atoms with van der Waals surface area (Å²) in [5.41, 5.74) is 1.31. The van der Waals surface area contributed by atoms with Crippen molar-refractivity contribution in [1.29, 1.82) is 0 Å². The van der Waals surface area contributed by atoms with Gasteiger partial charge in [-0.3, -0.25) is 9.89 Å². The maximum absolute atomic E-state index is 5.98. The average molecular weight is 561 g/mol. The van der Waals surface area contributed by atoms with E-state index < -0.39 is 0 Å².